The summed E-state index contributed by atoms with van der Waals surface area (Å²) in [4.78, 5) is 38.6. The molecule has 26 heavy (non-hydrogen) atoms. The fourth-order valence-electron chi connectivity index (χ4n) is 2.87. The summed E-state index contributed by atoms with van der Waals surface area (Å²) in [7, 11) is 0. The average Bonchev–Trinajstić information content (AvgIpc) is 2.60. The Hall–Kier alpha value is -2.86. The molecule has 0 spiro atoms. The number of amides is 4. The van der Waals surface area contributed by atoms with E-state index in [0.29, 0.717) is 16.4 Å². The van der Waals surface area contributed by atoms with Crippen LogP contribution in [0.4, 0.5) is 16.2 Å². The fraction of sp³-hybridized carbons (Fsp3) is 0.211. The van der Waals surface area contributed by atoms with Crippen molar-refractivity contribution in [1.29, 1.82) is 0 Å². The van der Waals surface area contributed by atoms with Gasteiger partial charge in [-0.2, -0.15) is 0 Å². The predicted molar refractivity (Wildman–Crippen MR) is 100 cm³/mol. The van der Waals surface area contributed by atoms with E-state index in [1.807, 2.05) is 32.0 Å². The van der Waals surface area contributed by atoms with Gasteiger partial charge in [-0.15, -0.1) is 0 Å². The van der Waals surface area contributed by atoms with Crippen molar-refractivity contribution < 1.29 is 14.4 Å². The highest BCUT2D eigenvalue weighted by Gasteiger charge is 2.39. The molecule has 134 valence electrons. The van der Waals surface area contributed by atoms with Crippen LogP contribution in [0.2, 0.25) is 5.02 Å². The lowest BCUT2D eigenvalue weighted by atomic mass is 10.0. The molecule has 2 N–H and O–H groups in total. The molecule has 0 aromatic heterocycles. The Bertz CT molecular complexity index is 860. The quantitative estimate of drug-likeness (QED) is 0.813. The number of para-hydroxylation sites is 1. The van der Waals surface area contributed by atoms with E-state index in [4.69, 9.17) is 11.6 Å². The molecule has 2 aromatic carbocycles. The van der Waals surface area contributed by atoms with Gasteiger partial charge in [0.05, 0.1) is 5.69 Å². The number of nitrogens with one attached hydrogen (secondary N) is 2. The Morgan fingerprint density at radius 1 is 1.12 bits per heavy atom. The van der Waals surface area contributed by atoms with Crippen molar-refractivity contribution in [2.75, 3.05) is 16.8 Å². The van der Waals surface area contributed by atoms with Crippen molar-refractivity contribution in [2.24, 2.45) is 5.92 Å². The van der Waals surface area contributed by atoms with Crippen LogP contribution < -0.4 is 15.5 Å². The lowest BCUT2D eigenvalue weighted by molar-refractivity contribution is -0.130. The van der Waals surface area contributed by atoms with Crippen LogP contribution in [0.25, 0.3) is 0 Å². The van der Waals surface area contributed by atoms with E-state index in [0.717, 1.165) is 16.0 Å². The molecule has 1 fully saturated rings. The van der Waals surface area contributed by atoms with E-state index >= 15 is 0 Å². The molecule has 0 saturated carbocycles. The molecule has 2 aromatic rings. The van der Waals surface area contributed by atoms with Crippen molar-refractivity contribution in [2.45, 2.75) is 13.8 Å². The monoisotopic (exact) mass is 371 g/mol. The molecule has 7 heteroatoms. The molecule has 1 atom stereocenters. The third kappa shape index (κ3) is 3.41. The SMILES string of the molecule is Cc1cccc(C)c1NC(=O)C1CNC(=O)N(c2ccc(Cl)cc2)C1=O. The molecule has 0 bridgehead atoms. The highest BCUT2D eigenvalue weighted by Crippen LogP contribution is 2.24. The summed E-state index contributed by atoms with van der Waals surface area (Å²) in [5.41, 5.74) is 2.85. The first kappa shape index (κ1) is 17.9. The molecule has 0 aliphatic carbocycles. The highest BCUT2D eigenvalue weighted by atomic mass is 35.5. The first-order valence-electron chi connectivity index (χ1n) is 8.13. The van der Waals surface area contributed by atoms with Gasteiger partial charge in [0, 0.05) is 17.3 Å². The second-order valence-electron chi connectivity index (χ2n) is 6.14. The van der Waals surface area contributed by atoms with Crippen molar-refractivity contribution >= 4 is 40.8 Å². The summed E-state index contributed by atoms with van der Waals surface area (Å²) in [5, 5.41) is 5.90. The fourth-order valence-corrected chi connectivity index (χ4v) is 3.00. The third-order valence-corrected chi connectivity index (χ3v) is 4.56. The van der Waals surface area contributed by atoms with Crippen LogP contribution >= 0.6 is 11.6 Å². The summed E-state index contributed by atoms with van der Waals surface area (Å²) in [6.07, 6.45) is 0. The summed E-state index contributed by atoms with van der Waals surface area (Å²) in [6, 6.07) is 11.4. The number of rotatable bonds is 3. The molecule has 1 saturated heterocycles. The Kier molecular flexibility index (Phi) is 4.95. The van der Waals surface area contributed by atoms with E-state index in [1.165, 1.54) is 0 Å². The zero-order valence-corrected chi connectivity index (χ0v) is 15.1. The maximum Gasteiger partial charge on any atom is 0.328 e. The maximum absolute atomic E-state index is 12.8. The average molecular weight is 372 g/mol. The van der Waals surface area contributed by atoms with Crippen molar-refractivity contribution in [3.63, 3.8) is 0 Å². The summed E-state index contributed by atoms with van der Waals surface area (Å²) < 4.78 is 0. The van der Waals surface area contributed by atoms with Crippen LogP contribution in [-0.2, 0) is 9.59 Å². The summed E-state index contributed by atoms with van der Waals surface area (Å²) in [5.74, 6) is -2.03. The van der Waals surface area contributed by atoms with Crippen LogP contribution in [0, 0.1) is 19.8 Å². The number of hydrogen-bond acceptors (Lipinski definition) is 3. The number of nitrogens with zero attached hydrogens (tertiary/aromatic N) is 1. The summed E-state index contributed by atoms with van der Waals surface area (Å²) in [6.45, 7) is 3.72. The van der Waals surface area contributed by atoms with Gasteiger partial charge in [-0.1, -0.05) is 29.8 Å². The molecule has 1 aliphatic rings. The number of anilines is 2. The number of aryl methyl sites for hydroxylation is 2. The maximum atomic E-state index is 12.8. The van der Waals surface area contributed by atoms with Gasteiger partial charge in [0.2, 0.25) is 11.8 Å². The molecular formula is C19H18ClN3O3. The third-order valence-electron chi connectivity index (χ3n) is 4.31. The number of halogens is 1. The number of carbonyl (C=O) groups is 3. The Balaban J connectivity index is 1.84. The minimum Gasteiger partial charge on any atom is -0.336 e. The number of hydrogen-bond donors (Lipinski definition) is 2. The van der Waals surface area contributed by atoms with Crippen molar-refractivity contribution in [3.05, 3.63) is 58.6 Å². The van der Waals surface area contributed by atoms with Gasteiger partial charge in [0.15, 0.2) is 0 Å². The van der Waals surface area contributed by atoms with E-state index in [9.17, 15) is 14.4 Å². The predicted octanol–water partition coefficient (Wildman–Crippen LogP) is 3.27. The Morgan fingerprint density at radius 2 is 1.73 bits per heavy atom. The van der Waals surface area contributed by atoms with E-state index in [1.54, 1.807) is 24.3 Å². The lowest BCUT2D eigenvalue weighted by Gasteiger charge is -2.31. The van der Waals surface area contributed by atoms with Gasteiger partial charge in [0.25, 0.3) is 0 Å². The van der Waals surface area contributed by atoms with Crippen molar-refractivity contribution in [1.82, 2.24) is 5.32 Å². The van der Waals surface area contributed by atoms with Gasteiger partial charge in [-0.25, -0.2) is 9.69 Å². The second kappa shape index (κ2) is 7.17. The van der Waals surface area contributed by atoms with Crippen molar-refractivity contribution in [3.8, 4) is 0 Å². The van der Waals surface area contributed by atoms with E-state index in [-0.39, 0.29) is 6.54 Å². The zero-order chi connectivity index (χ0) is 18.8. The number of imide groups is 1. The number of urea groups is 1. The molecule has 3 rings (SSSR count). The smallest absolute Gasteiger partial charge is 0.328 e. The molecule has 1 heterocycles. The van der Waals surface area contributed by atoms with Crippen LogP contribution in [0.15, 0.2) is 42.5 Å². The van der Waals surface area contributed by atoms with Crippen LogP contribution in [0.1, 0.15) is 11.1 Å². The highest BCUT2D eigenvalue weighted by molar-refractivity contribution is 6.30. The zero-order valence-electron chi connectivity index (χ0n) is 14.4. The van der Waals surface area contributed by atoms with E-state index < -0.39 is 23.8 Å². The van der Waals surface area contributed by atoms with Gasteiger partial charge >= 0.3 is 6.03 Å². The van der Waals surface area contributed by atoms with Gasteiger partial charge < -0.3 is 10.6 Å². The minimum absolute atomic E-state index is 0.0431. The van der Waals surface area contributed by atoms with Gasteiger partial charge in [-0.3, -0.25) is 9.59 Å². The molecule has 0 radical (unpaired) electrons. The molecule has 1 unspecified atom stereocenters. The second-order valence-corrected chi connectivity index (χ2v) is 6.58. The summed E-state index contributed by atoms with van der Waals surface area (Å²) >= 11 is 5.85. The van der Waals surface area contributed by atoms with E-state index in [2.05, 4.69) is 10.6 Å². The number of carbonyl (C=O) groups excluding carboxylic acids is 3. The first-order chi connectivity index (χ1) is 12.4. The molecular weight excluding hydrogens is 354 g/mol. The topological polar surface area (TPSA) is 78.5 Å². The lowest BCUT2D eigenvalue weighted by Crippen LogP contribution is -2.58. The van der Waals surface area contributed by atoms with Crippen LogP contribution in [0.3, 0.4) is 0 Å². The van der Waals surface area contributed by atoms with Crippen LogP contribution in [0.5, 0.6) is 0 Å². The van der Waals surface area contributed by atoms with Gasteiger partial charge in [0.1, 0.15) is 5.92 Å². The normalized spacial score (nSPS) is 17.0. The molecule has 4 amide bonds. The Labute approximate surface area is 156 Å². The Morgan fingerprint density at radius 3 is 2.35 bits per heavy atom. The largest absolute Gasteiger partial charge is 0.336 e. The van der Waals surface area contributed by atoms with Gasteiger partial charge in [-0.05, 0) is 49.2 Å². The first-order valence-corrected chi connectivity index (χ1v) is 8.50. The molecule has 1 aliphatic heterocycles. The standard InChI is InChI=1S/C19H18ClN3O3/c1-11-4-3-5-12(2)16(11)22-17(24)15-10-21-19(26)23(18(15)25)14-8-6-13(20)7-9-14/h3-9,15H,10H2,1-2H3,(H,21,26)(H,22,24). The molecule has 6 nitrogen and oxygen atoms in total. The number of benzene rings is 2. The minimum atomic E-state index is -1.01. The van der Waals surface area contributed by atoms with Crippen LogP contribution in [-0.4, -0.2) is 24.4 Å².